The molecule has 3 aromatic rings. The van der Waals surface area contributed by atoms with Gasteiger partial charge < -0.3 is 9.47 Å². The van der Waals surface area contributed by atoms with Crippen LogP contribution in [0, 0.1) is 0 Å². The molecule has 3 rings (SSSR count). The lowest BCUT2D eigenvalue weighted by atomic mass is 10.2. The van der Waals surface area contributed by atoms with Crippen molar-refractivity contribution >= 4 is 34.2 Å². The van der Waals surface area contributed by atoms with Gasteiger partial charge in [-0.25, -0.2) is 4.98 Å². The predicted octanol–water partition coefficient (Wildman–Crippen LogP) is 4.37. The fourth-order valence-corrected chi connectivity index (χ4v) is 2.71. The average Bonchev–Trinajstić information content (AvgIpc) is 2.89. The highest BCUT2D eigenvalue weighted by Crippen LogP contribution is 2.33. The summed E-state index contributed by atoms with van der Waals surface area (Å²) in [5, 5.41) is 0.274. The summed E-state index contributed by atoms with van der Waals surface area (Å²) >= 11 is 6.03. The van der Waals surface area contributed by atoms with Gasteiger partial charge in [0, 0.05) is 30.5 Å². The van der Waals surface area contributed by atoms with E-state index in [9.17, 15) is 18.0 Å². The lowest BCUT2D eigenvalue weighted by Gasteiger charge is -2.17. The second-order valence-corrected chi connectivity index (χ2v) is 5.89. The maximum atomic E-state index is 12.8. The maximum absolute atomic E-state index is 12.8. The van der Waals surface area contributed by atoms with Crippen molar-refractivity contribution in [2.75, 3.05) is 11.9 Å². The molecule has 130 valence electrons. The van der Waals surface area contributed by atoms with Crippen LogP contribution in [-0.4, -0.2) is 22.5 Å². The molecule has 2 heterocycles. The molecule has 8 heteroatoms. The summed E-state index contributed by atoms with van der Waals surface area (Å²) in [5.74, 6) is -0.249. The largest absolute Gasteiger partial charge is 0.417 e. The topological polar surface area (TPSA) is 38.1 Å². The summed E-state index contributed by atoms with van der Waals surface area (Å²) < 4.78 is 39.9. The van der Waals surface area contributed by atoms with Crippen molar-refractivity contribution in [2.45, 2.75) is 12.7 Å². The van der Waals surface area contributed by atoms with Gasteiger partial charge >= 0.3 is 6.18 Å². The number of fused-ring (bicyclic) bond motifs is 1. The summed E-state index contributed by atoms with van der Waals surface area (Å²) in [5.41, 5.74) is 0.0579. The molecule has 1 amide bonds. The minimum absolute atomic E-state index is 0.0903. The summed E-state index contributed by atoms with van der Waals surface area (Å²) in [6, 6.07) is 9.96. The number of aromatic nitrogens is 2. The Bertz CT molecular complexity index is 922. The van der Waals surface area contributed by atoms with Crippen LogP contribution in [0.4, 0.5) is 18.9 Å². The summed E-state index contributed by atoms with van der Waals surface area (Å²) in [6.45, 7) is -0.0903. The number of carbonyl (C=O) groups is 1. The third-order valence-electron chi connectivity index (χ3n) is 3.82. The van der Waals surface area contributed by atoms with Crippen LogP contribution in [0.5, 0.6) is 0 Å². The van der Waals surface area contributed by atoms with Crippen LogP contribution in [0.15, 0.2) is 48.8 Å². The minimum Gasteiger partial charge on any atom is -0.322 e. The van der Waals surface area contributed by atoms with Crippen molar-refractivity contribution in [3.05, 3.63) is 59.4 Å². The number of benzene rings is 1. The Balaban J connectivity index is 1.91. The van der Waals surface area contributed by atoms with E-state index < -0.39 is 11.7 Å². The van der Waals surface area contributed by atoms with Crippen LogP contribution in [-0.2, 0) is 17.5 Å². The first-order valence-electron chi connectivity index (χ1n) is 7.30. The first-order valence-corrected chi connectivity index (χ1v) is 7.68. The number of para-hydroxylation sites is 1. The smallest absolute Gasteiger partial charge is 0.322 e. The van der Waals surface area contributed by atoms with E-state index in [1.807, 2.05) is 6.07 Å². The molecule has 0 atom stereocenters. The number of likely N-dealkylation sites (N-methyl/N-ethyl adjacent to an activating group) is 1. The Morgan fingerprint density at radius 3 is 2.60 bits per heavy atom. The minimum atomic E-state index is -4.50. The number of halogens is 4. The van der Waals surface area contributed by atoms with Crippen LogP contribution in [0.3, 0.4) is 0 Å². The third kappa shape index (κ3) is 3.46. The van der Waals surface area contributed by atoms with Crippen LogP contribution in [0.1, 0.15) is 5.56 Å². The molecule has 0 unspecified atom stereocenters. The lowest BCUT2D eigenvalue weighted by molar-refractivity contribution is -0.137. The molecule has 0 fully saturated rings. The van der Waals surface area contributed by atoms with Crippen LogP contribution in [0.2, 0.25) is 5.02 Å². The van der Waals surface area contributed by atoms with Crippen molar-refractivity contribution in [1.82, 2.24) is 9.55 Å². The number of rotatable bonds is 3. The number of pyridine rings is 1. The highest BCUT2D eigenvalue weighted by Gasteiger charge is 2.31. The van der Waals surface area contributed by atoms with Crippen molar-refractivity contribution in [3.63, 3.8) is 0 Å². The van der Waals surface area contributed by atoms with Crippen LogP contribution < -0.4 is 4.90 Å². The van der Waals surface area contributed by atoms with Crippen molar-refractivity contribution in [1.29, 1.82) is 0 Å². The fourth-order valence-electron chi connectivity index (χ4n) is 2.45. The molecule has 0 N–H and O–H groups in total. The quantitative estimate of drug-likeness (QED) is 0.689. The second kappa shape index (κ2) is 6.40. The number of alkyl halides is 3. The summed E-state index contributed by atoms with van der Waals surface area (Å²) in [7, 11) is 1.63. The summed E-state index contributed by atoms with van der Waals surface area (Å²) in [6.07, 6.45) is -2.35. The van der Waals surface area contributed by atoms with Gasteiger partial charge in [0.25, 0.3) is 0 Å². The van der Waals surface area contributed by atoms with Gasteiger partial charge in [-0.1, -0.05) is 29.8 Å². The normalized spacial score (nSPS) is 11.7. The standard InChI is InChI=1S/C17H13ClF3N3O/c1-23(12-5-3-2-4-6-12)15(25)10-24-9-14(18)13-7-11(17(19,20)21)8-22-16(13)24/h2-9H,10H2,1H3. The second-order valence-electron chi connectivity index (χ2n) is 5.49. The SMILES string of the molecule is CN(C(=O)Cn1cc(Cl)c2cc(C(F)(F)F)cnc21)c1ccccc1. The van der Waals surface area contributed by atoms with Gasteiger partial charge in [0.2, 0.25) is 5.91 Å². The molecular formula is C17H13ClF3N3O. The molecule has 25 heavy (non-hydrogen) atoms. The molecule has 0 aliphatic heterocycles. The molecule has 2 aromatic heterocycles. The van der Waals surface area contributed by atoms with Crippen molar-refractivity contribution < 1.29 is 18.0 Å². The maximum Gasteiger partial charge on any atom is 0.417 e. The van der Waals surface area contributed by atoms with Gasteiger partial charge in [0.15, 0.2) is 0 Å². The Hall–Kier alpha value is -2.54. The predicted molar refractivity (Wildman–Crippen MR) is 89.6 cm³/mol. The zero-order chi connectivity index (χ0) is 18.2. The van der Waals surface area contributed by atoms with Gasteiger partial charge in [0.1, 0.15) is 12.2 Å². The zero-order valence-electron chi connectivity index (χ0n) is 13.1. The Labute approximate surface area is 146 Å². The van der Waals surface area contributed by atoms with E-state index in [4.69, 9.17) is 11.6 Å². The molecular weight excluding hydrogens is 355 g/mol. The molecule has 1 aromatic carbocycles. The number of amides is 1. The van der Waals surface area contributed by atoms with E-state index in [2.05, 4.69) is 4.98 Å². The number of anilines is 1. The highest BCUT2D eigenvalue weighted by atomic mass is 35.5. The number of hydrogen-bond donors (Lipinski definition) is 0. The Morgan fingerprint density at radius 2 is 1.96 bits per heavy atom. The van der Waals surface area contributed by atoms with Gasteiger partial charge in [-0.3, -0.25) is 4.79 Å². The van der Waals surface area contributed by atoms with Crippen molar-refractivity contribution in [2.24, 2.45) is 0 Å². The molecule has 0 saturated heterocycles. The van der Waals surface area contributed by atoms with Gasteiger partial charge in [0.05, 0.1) is 10.6 Å². The molecule has 0 saturated carbocycles. The van der Waals surface area contributed by atoms with Gasteiger partial charge in [-0.15, -0.1) is 0 Å². The lowest BCUT2D eigenvalue weighted by Crippen LogP contribution is -2.29. The van der Waals surface area contributed by atoms with E-state index in [0.717, 1.165) is 12.3 Å². The molecule has 4 nitrogen and oxygen atoms in total. The van der Waals surface area contributed by atoms with Crippen LogP contribution in [0.25, 0.3) is 11.0 Å². The van der Waals surface area contributed by atoms with E-state index in [0.29, 0.717) is 5.69 Å². The Morgan fingerprint density at radius 1 is 1.28 bits per heavy atom. The fraction of sp³-hybridized carbons (Fsp3) is 0.176. The molecule has 0 aliphatic carbocycles. The number of hydrogen-bond acceptors (Lipinski definition) is 2. The summed E-state index contributed by atoms with van der Waals surface area (Å²) in [4.78, 5) is 17.7. The third-order valence-corrected chi connectivity index (χ3v) is 4.12. The highest BCUT2D eigenvalue weighted by molar-refractivity contribution is 6.35. The monoisotopic (exact) mass is 367 g/mol. The molecule has 0 aliphatic rings. The van der Waals surface area contributed by atoms with E-state index in [1.54, 1.807) is 31.3 Å². The van der Waals surface area contributed by atoms with E-state index in [1.165, 1.54) is 15.7 Å². The number of carbonyl (C=O) groups excluding carboxylic acids is 1. The average molecular weight is 368 g/mol. The zero-order valence-corrected chi connectivity index (χ0v) is 13.8. The van der Waals surface area contributed by atoms with E-state index in [-0.39, 0.29) is 28.5 Å². The number of nitrogens with zero attached hydrogens (tertiary/aromatic N) is 3. The van der Waals surface area contributed by atoms with Gasteiger partial charge in [-0.05, 0) is 18.2 Å². The van der Waals surface area contributed by atoms with E-state index >= 15 is 0 Å². The first-order chi connectivity index (χ1) is 11.8. The van der Waals surface area contributed by atoms with Crippen molar-refractivity contribution in [3.8, 4) is 0 Å². The van der Waals surface area contributed by atoms with Gasteiger partial charge in [-0.2, -0.15) is 13.2 Å². The molecule has 0 radical (unpaired) electrons. The molecule has 0 spiro atoms. The first kappa shape index (κ1) is 17.3. The molecule has 0 bridgehead atoms. The van der Waals surface area contributed by atoms with Crippen LogP contribution >= 0.6 is 11.6 Å². The Kier molecular flexibility index (Phi) is 4.43.